The molecule has 1 unspecified atom stereocenters. The van der Waals surface area contributed by atoms with Crippen LogP contribution in [-0.4, -0.2) is 30.5 Å². The molecule has 6 heteroatoms. The minimum atomic E-state index is -3.68. The Bertz CT molecular complexity index is 862. The minimum absolute atomic E-state index is 0.0871. The van der Waals surface area contributed by atoms with Crippen molar-refractivity contribution in [1.29, 1.82) is 0 Å². The van der Waals surface area contributed by atoms with Crippen molar-refractivity contribution in [3.05, 3.63) is 59.7 Å². The van der Waals surface area contributed by atoms with Gasteiger partial charge in [-0.2, -0.15) is 0 Å². The molecule has 0 spiro atoms. The first-order valence-corrected chi connectivity index (χ1v) is 9.87. The molecule has 25 heavy (non-hydrogen) atoms. The van der Waals surface area contributed by atoms with Crippen LogP contribution in [0.25, 0.3) is 11.1 Å². The highest BCUT2D eigenvalue weighted by Crippen LogP contribution is 2.27. The summed E-state index contributed by atoms with van der Waals surface area (Å²) in [5.74, 6) is -0.909. The van der Waals surface area contributed by atoms with Crippen molar-refractivity contribution in [1.82, 2.24) is 5.48 Å². The van der Waals surface area contributed by atoms with Gasteiger partial charge in [-0.25, -0.2) is 13.9 Å². The van der Waals surface area contributed by atoms with Crippen LogP contribution in [0.1, 0.15) is 24.5 Å². The molecule has 0 radical (unpaired) electrons. The normalized spacial score (nSPS) is 13.9. The average Bonchev–Trinajstić information content (AvgIpc) is 2.59. The summed E-state index contributed by atoms with van der Waals surface area (Å²) in [5, 5.41) is 8.88. The molecule has 134 valence electrons. The third-order valence-corrected chi connectivity index (χ3v) is 6.75. The fourth-order valence-electron chi connectivity index (χ4n) is 2.75. The van der Waals surface area contributed by atoms with Gasteiger partial charge in [0.05, 0.1) is 0 Å². The summed E-state index contributed by atoms with van der Waals surface area (Å²) in [6, 6.07) is 16.0. The van der Waals surface area contributed by atoms with Crippen LogP contribution in [-0.2, 0) is 21.1 Å². The molecule has 0 aliphatic heterocycles. The molecule has 0 bridgehead atoms. The summed E-state index contributed by atoms with van der Waals surface area (Å²) in [6.45, 7) is 3.30. The van der Waals surface area contributed by atoms with Crippen LogP contribution in [0.4, 0.5) is 0 Å². The molecule has 1 amide bonds. The standard InChI is InChI=1S/C19H23NO4S/c1-14-13-17(16-7-5-4-6-8-16)10-9-15(14)11-12-19(2,18(21)20-22)25(3,23)24/h4-10,13,22H,11-12H2,1-3H3,(H,20,21). The van der Waals surface area contributed by atoms with Crippen molar-refractivity contribution in [3.8, 4) is 11.1 Å². The summed E-state index contributed by atoms with van der Waals surface area (Å²) in [7, 11) is -3.68. The summed E-state index contributed by atoms with van der Waals surface area (Å²) >= 11 is 0. The molecule has 0 saturated heterocycles. The quantitative estimate of drug-likeness (QED) is 0.612. The van der Waals surface area contributed by atoms with E-state index in [1.165, 1.54) is 12.4 Å². The van der Waals surface area contributed by atoms with Crippen molar-refractivity contribution in [2.45, 2.75) is 31.4 Å². The SMILES string of the molecule is Cc1cc(-c2ccccc2)ccc1CCC(C)(C(=O)NO)S(C)(=O)=O. The Labute approximate surface area is 148 Å². The van der Waals surface area contributed by atoms with Crippen LogP contribution in [0.2, 0.25) is 0 Å². The fourth-order valence-corrected chi connectivity index (χ4v) is 3.60. The number of hydrogen-bond acceptors (Lipinski definition) is 4. The number of carbonyl (C=O) groups is 1. The lowest BCUT2D eigenvalue weighted by Gasteiger charge is -2.25. The van der Waals surface area contributed by atoms with E-state index in [-0.39, 0.29) is 6.42 Å². The van der Waals surface area contributed by atoms with E-state index in [2.05, 4.69) is 6.07 Å². The second-order valence-electron chi connectivity index (χ2n) is 6.45. The number of amides is 1. The lowest BCUT2D eigenvalue weighted by Crippen LogP contribution is -2.49. The molecule has 2 aromatic rings. The highest BCUT2D eigenvalue weighted by molar-refractivity contribution is 7.92. The first-order chi connectivity index (χ1) is 11.7. The molecule has 5 nitrogen and oxygen atoms in total. The van der Waals surface area contributed by atoms with Crippen molar-refractivity contribution in [3.63, 3.8) is 0 Å². The van der Waals surface area contributed by atoms with Crippen LogP contribution in [0.3, 0.4) is 0 Å². The molecule has 0 aliphatic carbocycles. The lowest BCUT2D eigenvalue weighted by atomic mass is 9.94. The zero-order chi connectivity index (χ0) is 18.7. The highest BCUT2D eigenvalue weighted by Gasteiger charge is 2.43. The van der Waals surface area contributed by atoms with Crippen LogP contribution >= 0.6 is 0 Å². The van der Waals surface area contributed by atoms with Gasteiger partial charge in [0.25, 0.3) is 5.91 Å². The summed E-state index contributed by atoms with van der Waals surface area (Å²) in [6.07, 6.45) is 1.51. The van der Waals surface area contributed by atoms with Crippen LogP contribution in [0, 0.1) is 6.92 Å². The van der Waals surface area contributed by atoms with Gasteiger partial charge in [-0.1, -0.05) is 48.5 Å². The molecular weight excluding hydrogens is 338 g/mol. The number of rotatable bonds is 6. The van der Waals surface area contributed by atoms with Crippen molar-refractivity contribution in [2.75, 3.05) is 6.26 Å². The molecule has 0 fully saturated rings. The molecule has 0 saturated carbocycles. The van der Waals surface area contributed by atoms with E-state index in [0.717, 1.165) is 28.5 Å². The minimum Gasteiger partial charge on any atom is -0.289 e. The van der Waals surface area contributed by atoms with Gasteiger partial charge in [0.1, 0.15) is 4.75 Å². The van der Waals surface area contributed by atoms with E-state index < -0.39 is 20.5 Å². The van der Waals surface area contributed by atoms with Crippen LogP contribution < -0.4 is 5.48 Å². The molecule has 0 aromatic heterocycles. The van der Waals surface area contributed by atoms with Crippen LogP contribution in [0.5, 0.6) is 0 Å². The smallest absolute Gasteiger partial charge is 0.264 e. The largest absolute Gasteiger partial charge is 0.289 e. The van der Waals surface area contributed by atoms with Crippen LogP contribution in [0.15, 0.2) is 48.5 Å². The Hall–Kier alpha value is -2.18. The van der Waals surface area contributed by atoms with Crippen molar-refractivity contribution < 1.29 is 18.4 Å². The van der Waals surface area contributed by atoms with Gasteiger partial charge in [-0.05, 0) is 48.9 Å². The first-order valence-electron chi connectivity index (χ1n) is 7.98. The Morgan fingerprint density at radius 2 is 1.76 bits per heavy atom. The predicted molar refractivity (Wildman–Crippen MR) is 98.1 cm³/mol. The van der Waals surface area contributed by atoms with Gasteiger partial charge in [0, 0.05) is 6.26 Å². The number of hydroxylamine groups is 1. The molecular formula is C19H23NO4S. The third kappa shape index (κ3) is 4.08. The van der Waals surface area contributed by atoms with E-state index in [4.69, 9.17) is 5.21 Å². The number of benzene rings is 2. The fraction of sp³-hybridized carbons (Fsp3) is 0.316. The molecule has 2 rings (SSSR count). The number of aryl methyl sites for hydroxylation is 2. The van der Waals surface area contributed by atoms with Gasteiger partial charge >= 0.3 is 0 Å². The monoisotopic (exact) mass is 361 g/mol. The topological polar surface area (TPSA) is 83.5 Å². The van der Waals surface area contributed by atoms with E-state index >= 15 is 0 Å². The van der Waals surface area contributed by atoms with Gasteiger partial charge in [-0.15, -0.1) is 0 Å². The van der Waals surface area contributed by atoms with E-state index in [0.29, 0.717) is 6.42 Å². The Morgan fingerprint density at radius 3 is 2.28 bits per heavy atom. The number of carbonyl (C=O) groups excluding carboxylic acids is 1. The predicted octanol–water partition coefficient (Wildman–Crippen LogP) is 2.90. The van der Waals surface area contributed by atoms with E-state index in [9.17, 15) is 13.2 Å². The Morgan fingerprint density at radius 1 is 1.12 bits per heavy atom. The zero-order valence-electron chi connectivity index (χ0n) is 14.6. The summed E-state index contributed by atoms with van der Waals surface area (Å²) in [5.41, 5.74) is 5.67. The molecule has 1 atom stereocenters. The first kappa shape index (κ1) is 19.1. The maximum Gasteiger partial charge on any atom is 0.264 e. The maximum atomic E-state index is 12.0. The highest BCUT2D eigenvalue weighted by atomic mass is 32.2. The average molecular weight is 361 g/mol. The van der Waals surface area contributed by atoms with Gasteiger partial charge in [0.2, 0.25) is 0 Å². The summed E-state index contributed by atoms with van der Waals surface area (Å²) in [4.78, 5) is 11.9. The van der Waals surface area contributed by atoms with Gasteiger partial charge in [0.15, 0.2) is 9.84 Å². The Kier molecular flexibility index (Phi) is 5.65. The van der Waals surface area contributed by atoms with Crippen molar-refractivity contribution >= 4 is 15.7 Å². The lowest BCUT2D eigenvalue weighted by molar-refractivity contribution is -0.131. The number of sulfone groups is 1. The van der Waals surface area contributed by atoms with Gasteiger partial charge in [-0.3, -0.25) is 10.0 Å². The summed E-state index contributed by atoms with van der Waals surface area (Å²) < 4.78 is 22.4. The van der Waals surface area contributed by atoms with Crippen molar-refractivity contribution in [2.24, 2.45) is 0 Å². The third-order valence-electron chi connectivity index (χ3n) is 4.72. The Balaban J connectivity index is 2.25. The number of nitrogens with one attached hydrogen (secondary N) is 1. The molecule has 2 aromatic carbocycles. The van der Waals surface area contributed by atoms with E-state index in [1.54, 1.807) is 0 Å². The molecule has 2 N–H and O–H groups in total. The number of hydrogen-bond donors (Lipinski definition) is 2. The molecule has 0 aliphatic rings. The second-order valence-corrected chi connectivity index (χ2v) is 8.90. The van der Waals surface area contributed by atoms with Gasteiger partial charge < -0.3 is 0 Å². The maximum absolute atomic E-state index is 12.0. The second kappa shape index (κ2) is 7.37. The van der Waals surface area contributed by atoms with E-state index in [1.807, 2.05) is 49.4 Å². The molecule has 0 heterocycles. The zero-order valence-corrected chi connectivity index (χ0v) is 15.4.